The Morgan fingerprint density at radius 1 is 1.06 bits per heavy atom. The van der Waals surface area contributed by atoms with Crippen molar-refractivity contribution in [2.24, 2.45) is 0 Å². The molecule has 0 radical (unpaired) electrons. The van der Waals surface area contributed by atoms with Crippen LogP contribution >= 0.6 is 0 Å². The first kappa shape index (κ1) is 12.4. The number of alkyl halides is 3. The molecule has 0 saturated heterocycles. The summed E-state index contributed by atoms with van der Waals surface area (Å²) in [7, 11) is -3.43. The number of halogens is 3. The van der Waals surface area contributed by atoms with E-state index >= 15 is 0 Å². The molecule has 0 aromatic heterocycles. The molecule has 1 aromatic rings. The van der Waals surface area contributed by atoms with E-state index in [0.29, 0.717) is 12.8 Å². The van der Waals surface area contributed by atoms with Crippen LogP contribution < -0.4 is 0 Å². The van der Waals surface area contributed by atoms with E-state index in [1.54, 1.807) is 0 Å². The largest absolute Gasteiger partial charge is 0.416 e. The van der Waals surface area contributed by atoms with Gasteiger partial charge in [-0.15, -0.1) is 0 Å². The summed E-state index contributed by atoms with van der Waals surface area (Å²) in [4.78, 5) is -0.0183. The molecule has 0 heterocycles. The average molecular weight is 264 g/mol. The SMILES string of the molecule is O=S(=O)(c1ccc(C(F)(F)F)cc1)C1CCC1. The minimum atomic E-state index is -4.43. The smallest absolute Gasteiger partial charge is 0.223 e. The Morgan fingerprint density at radius 2 is 1.59 bits per heavy atom. The first-order chi connectivity index (χ1) is 7.82. The van der Waals surface area contributed by atoms with Gasteiger partial charge in [-0.25, -0.2) is 8.42 Å². The molecule has 17 heavy (non-hydrogen) atoms. The number of rotatable bonds is 2. The highest BCUT2D eigenvalue weighted by molar-refractivity contribution is 7.92. The lowest BCUT2D eigenvalue weighted by atomic mass is 10.00. The van der Waals surface area contributed by atoms with Gasteiger partial charge in [-0.1, -0.05) is 6.42 Å². The second-order valence-electron chi connectivity index (χ2n) is 4.12. The molecule has 1 aliphatic rings. The lowest BCUT2D eigenvalue weighted by molar-refractivity contribution is -0.137. The first-order valence-corrected chi connectivity index (χ1v) is 6.77. The third-order valence-electron chi connectivity index (χ3n) is 3.00. The zero-order valence-electron chi connectivity index (χ0n) is 8.87. The van der Waals surface area contributed by atoms with Crippen LogP contribution in [0.15, 0.2) is 29.2 Å². The van der Waals surface area contributed by atoms with E-state index in [9.17, 15) is 21.6 Å². The molecule has 6 heteroatoms. The summed E-state index contributed by atoms with van der Waals surface area (Å²) in [6.07, 6.45) is -2.37. The molecule has 0 N–H and O–H groups in total. The molecular formula is C11H11F3O2S. The Kier molecular flexibility index (Phi) is 2.93. The maximum absolute atomic E-state index is 12.3. The number of hydrogen-bond donors (Lipinski definition) is 0. The molecule has 0 aliphatic heterocycles. The zero-order chi connectivity index (χ0) is 12.7. The van der Waals surface area contributed by atoms with Crippen molar-refractivity contribution in [1.82, 2.24) is 0 Å². The van der Waals surface area contributed by atoms with Gasteiger partial charge in [0.25, 0.3) is 0 Å². The van der Waals surface area contributed by atoms with Crippen molar-refractivity contribution in [2.45, 2.75) is 35.6 Å². The maximum Gasteiger partial charge on any atom is 0.416 e. The lowest BCUT2D eigenvalue weighted by Gasteiger charge is -2.25. The van der Waals surface area contributed by atoms with Crippen LogP contribution in [0, 0.1) is 0 Å². The summed E-state index contributed by atoms with van der Waals surface area (Å²) in [5.74, 6) is 0. The van der Waals surface area contributed by atoms with E-state index in [-0.39, 0.29) is 4.90 Å². The van der Waals surface area contributed by atoms with Gasteiger partial charge in [0.15, 0.2) is 9.84 Å². The normalized spacial score (nSPS) is 17.8. The third kappa shape index (κ3) is 2.31. The van der Waals surface area contributed by atoms with Crippen LogP contribution in [0.4, 0.5) is 13.2 Å². The van der Waals surface area contributed by atoms with Gasteiger partial charge in [0.2, 0.25) is 0 Å². The summed E-state index contributed by atoms with van der Waals surface area (Å²) in [6, 6.07) is 3.70. The van der Waals surface area contributed by atoms with E-state index in [2.05, 4.69) is 0 Å². The van der Waals surface area contributed by atoms with Gasteiger partial charge in [0, 0.05) is 0 Å². The molecular weight excluding hydrogens is 253 g/mol. The molecule has 0 unspecified atom stereocenters. The highest BCUT2D eigenvalue weighted by atomic mass is 32.2. The predicted octanol–water partition coefficient (Wildman–Crippen LogP) is 3.03. The van der Waals surface area contributed by atoms with Crippen LogP contribution in [0.25, 0.3) is 0 Å². The van der Waals surface area contributed by atoms with Gasteiger partial charge < -0.3 is 0 Å². The monoisotopic (exact) mass is 264 g/mol. The van der Waals surface area contributed by atoms with E-state index in [1.807, 2.05) is 0 Å². The molecule has 0 amide bonds. The fourth-order valence-electron chi connectivity index (χ4n) is 1.71. The van der Waals surface area contributed by atoms with E-state index in [4.69, 9.17) is 0 Å². The molecule has 94 valence electrons. The summed E-state index contributed by atoms with van der Waals surface area (Å²) in [6.45, 7) is 0. The molecule has 1 aliphatic carbocycles. The number of benzene rings is 1. The van der Waals surface area contributed by atoms with E-state index in [0.717, 1.165) is 30.7 Å². The standard InChI is InChI=1S/C11H11F3O2S/c12-11(13,14)8-4-6-10(7-5-8)17(15,16)9-2-1-3-9/h4-7,9H,1-3H2. The van der Waals surface area contributed by atoms with Crippen molar-refractivity contribution < 1.29 is 21.6 Å². The Hall–Kier alpha value is -1.04. The molecule has 1 saturated carbocycles. The molecule has 0 bridgehead atoms. The van der Waals surface area contributed by atoms with Crippen molar-refractivity contribution in [3.8, 4) is 0 Å². The lowest BCUT2D eigenvalue weighted by Crippen LogP contribution is -2.28. The van der Waals surface area contributed by atoms with Gasteiger partial charge in [0.1, 0.15) is 0 Å². The van der Waals surface area contributed by atoms with Crippen LogP contribution in [-0.4, -0.2) is 13.7 Å². The molecule has 2 nitrogen and oxygen atoms in total. The highest BCUT2D eigenvalue weighted by Gasteiger charge is 2.34. The van der Waals surface area contributed by atoms with Gasteiger partial charge in [-0.2, -0.15) is 13.2 Å². The second kappa shape index (κ2) is 4.01. The maximum atomic E-state index is 12.3. The van der Waals surface area contributed by atoms with Crippen LogP contribution in [0.1, 0.15) is 24.8 Å². The fraction of sp³-hybridized carbons (Fsp3) is 0.455. The van der Waals surface area contributed by atoms with Gasteiger partial charge in [0.05, 0.1) is 15.7 Å². The Labute approximate surface area is 97.4 Å². The van der Waals surface area contributed by atoms with Crippen LogP contribution in [0.2, 0.25) is 0 Å². The molecule has 0 atom stereocenters. The Bertz CT molecular complexity index is 499. The summed E-state index contributed by atoms with van der Waals surface area (Å²) < 4.78 is 60.7. The number of sulfone groups is 1. The zero-order valence-corrected chi connectivity index (χ0v) is 9.68. The van der Waals surface area contributed by atoms with Crippen LogP contribution in [0.5, 0.6) is 0 Å². The highest BCUT2D eigenvalue weighted by Crippen LogP contribution is 2.33. The van der Waals surface area contributed by atoms with E-state index < -0.39 is 26.8 Å². The van der Waals surface area contributed by atoms with Crippen molar-refractivity contribution >= 4 is 9.84 Å². The second-order valence-corrected chi connectivity index (χ2v) is 6.35. The quantitative estimate of drug-likeness (QED) is 0.822. The third-order valence-corrected chi connectivity index (χ3v) is 5.28. The molecule has 0 spiro atoms. The van der Waals surface area contributed by atoms with Gasteiger partial charge >= 0.3 is 6.18 Å². The van der Waals surface area contributed by atoms with Crippen LogP contribution in [0.3, 0.4) is 0 Å². The fourth-order valence-corrected chi connectivity index (χ4v) is 3.56. The van der Waals surface area contributed by atoms with Crippen molar-refractivity contribution in [3.05, 3.63) is 29.8 Å². The Morgan fingerprint density at radius 3 is 1.94 bits per heavy atom. The molecule has 1 fully saturated rings. The summed E-state index contributed by atoms with van der Waals surface area (Å²) in [5.41, 5.74) is -0.829. The van der Waals surface area contributed by atoms with Crippen molar-refractivity contribution in [3.63, 3.8) is 0 Å². The van der Waals surface area contributed by atoms with Crippen molar-refractivity contribution in [2.75, 3.05) is 0 Å². The molecule has 2 rings (SSSR count). The van der Waals surface area contributed by atoms with Crippen molar-refractivity contribution in [1.29, 1.82) is 0 Å². The van der Waals surface area contributed by atoms with Gasteiger partial charge in [-0.05, 0) is 37.1 Å². The van der Waals surface area contributed by atoms with E-state index in [1.165, 1.54) is 0 Å². The minimum Gasteiger partial charge on any atom is -0.223 e. The Balaban J connectivity index is 2.29. The first-order valence-electron chi connectivity index (χ1n) is 5.23. The average Bonchev–Trinajstić information content (AvgIpc) is 2.13. The van der Waals surface area contributed by atoms with Crippen LogP contribution in [-0.2, 0) is 16.0 Å². The molecule has 1 aromatic carbocycles. The van der Waals surface area contributed by atoms with Gasteiger partial charge in [-0.3, -0.25) is 0 Å². The predicted molar refractivity (Wildman–Crippen MR) is 56.3 cm³/mol. The summed E-state index contributed by atoms with van der Waals surface area (Å²) >= 11 is 0. The number of hydrogen-bond acceptors (Lipinski definition) is 2. The minimum absolute atomic E-state index is 0.0183. The topological polar surface area (TPSA) is 34.1 Å². The summed E-state index contributed by atoms with van der Waals surface area (Å²) in [5, 5.41) is -0.417.